The van der Waals surface area contributed by atoms with E-state index in [1.807, 2.05) is 0 Å². The largest absolute Gasteiger partial charge is 0.338 e. The molecule has 0 aromatic rings. The van der Waals surface area contributed by atoms with E-state index in [0.717, 1.165) is 0 Å². The molecule has 0 fully saturated rings. The van der Waals surface area contributed by atoms with Gasteiger partial charge in [-0.1, -0.05) is 0 Å². The van der Waals surface area contributed by atoms with Crippen LogP contribution in [0.1, 0.15) is 6.92 Å². The number of nitrogens with one attached hydrogen (secondary N) is 2. The van der Waals surface area contributed by atoms with Crippen LogP contribution in [0.5, 0.6) is 0 Å². The van der Waals surface area contributed by atoms with Crippen molar-refractivity contribution in [2.24, 2.45) is 0 Å². The normalized spacial score (nSPS) is 12.2. The Bertz CT molecular complexity index is 126. The smallest absolute Gasteiger partial charge is 0.328 e. The van der Waals surface area contributed by atoms with Gasteiger partial charge in [-0.2, -0.15) is 0 Å². The first-order chi connectivity index (χ1) is 4.16. The number of hydrogen-bond acceptors (Lipinski definition) is 2. The van der Waals surface area contributed by atoms with Gasteiger partial charge in [0.25, 0.3) is 11.3 Å². The van der Waals surface area contributed by atoms with Crippen molar-refractivity contribution in [2.75, 3.05) is 6.54 Å². The van der Waals surface area contributed by atoms with Crippen LogP contribution < -0.4 is 10.0 Å². The molecule has 0 aliphatic heterocycles. The van der Waals surface area contributed by atoms with Crippen LogP contribution in [0.15, 0.2) is 0 Å². The molecular formula is C3H8N2O3S. The minimum atomic E-state index is -2.26. The van der Waals surface area contributed by atoms with Crippen molar-refractivity contribution in [2.45, 2.75) is 6.92 Å². The van der Waals surface area contributed by atoms with Gasteiger partial charge < -0.3 is 5.32 Å². The van der Waals surface area contributed by atoms with E-state index in [9.17, 15) is 9.00 Å². The molecule has 3 N–H and O–H groups in total. The van der Waals surface area contributed by atoms with Gasteiger partial charge in [-0.15, -0.1) is 0 Å². The molecule has 0 saturated heterocycles. The maximum atomic E-state index is 10.3. The van der Waals surface area contributed by atoms with Gasteiger partial charge in [-0.05, 0) is 6.92 Å². The van der Waals surface area contributed by atoms with Gasteiger partial charge in [0.05, 0.1) is 0 Å². The fourth-order valence-electron chi connectivity index (χ4n) is 0.276. The molecule has 1 unspecified atom stereocenters. The fourth-order valence-corrected chi connectivity index (χ4v) is 0.507. The molecule has 2 amide bonds. The quantitative estimate of drug-likeness (QED) is 0.464. The van der Waals surface area contributed by atoms with E-state index in [-0.39, 0.29) is 0 Å². The van der Waals surface area contributed by atoms with Crippen molar-refractivity contribution in [1.29, 1.82) is 0 Å². The molecule has 0 bridgehead atoms. The van der Waals surface area contributed by atoms with Crippen LogP contribution in [0.2, 0.25) is 0 Å². The van der Waals surface area contributed by atoms with E-state index in [4.69, 9.17) is 4.55 Å². The Morgan fingerprint density at radius 2 is 2.33 bits per heavy atom. The molecule has 9 heavy (non-hydrogen) atoms. The second kappa shape index (κ2) is 4.28. The molecule has 0 spiro atoms. The predicted octanol–water partition coefficient (Wildman–Crippen LogP) is -0.558. The minimum absolute atomic E-state index is 0.434. The highest BCUT2D eigenvalue weighted by molar-refractivity contribution is 7.77. The van der Waals surface area contributed by atoms with E-state index in [1.165, 1.54) is 0 Å². The lowest BCUT2D eigenvalue weighted by atomic mass is 10.7. The first-order valence-corrected chi connectivity index (χ1v) is 3.42. The van der Waals surface area contributed by atoms with Gasteiger partial charge in [0.1, 0.15) is 0 Å². The van der Waals surface area contributed by atoms with Gasteiger partial charge in [0.2, 0.25) is 0 Å². The highest BCUT2D eigenvalue weighted by Crippen LogP contribution is 1.65. The summed E-state index contributed by atoms with van der Waals surface area (Å²) >= 11 is -2.26. The number of rotatable bonds is 2. The van der Waals surface area contributed by atoms with Gasteiger partial charge in [0, 0.05) is 6.54 Å². The molecule has 0 radical (unpaired) electrons. The SMILES string of the molecule is CCNC(=O)NS(=O)O. The number of amides is 2. The van der Waals surface area contributed by atoms with Crippen molar-refractivity contribution >= 4 is 17.3 Å². The topological polar surface area (TPSA) is 78.4 Å². The van der Waals surface area contributed by atoms with Crippen LogP contribution in [0.4, 0.5) is 4.79 Å². The summed E-state index contributed by atoms with van der Waals surface area (Å²) in [6, 6.07) is -0.640. The van der Waals surface area contributed by atoms with E-state index in [0.29, 0.717) is 6.54 Å². The number of hydrogen-bond donors (Lipinski definition) is 3. The molecule has 0 aliphatic rings. The lowest BCUT2D eigenvalue weighted by Crippen LogP contribution is -2.35. The Hall–Kier alpha value is -0.620. The summed E-state index contributed by atoms with van der Waals surface area (Å²) in [6.07, 6.45) is 0. The third-order valence-corrected chi connectivity index (χ3v) is 0.877. The fraction of sp³-hybridized carbons (Fsp3) is 0.667. The Morgan fingerprint density at radius 3 is 2.67 bits per heavy atom. The van der Waals surface area contributed by atoms with Crippen LogP contribution in [-0.4, -0.2) is 21.3 Å². The second-order valence-corrected chi connectivity index (χ2v) is 1.91. The molecule has 0 aliphatic carbocycles. The van der Waals surface area contributed by atoms with E-state index in [2.05, 4.69) is 5.32 Å². The van der Waals surface area contributed by atoms with Crippen molar-refractivity contribution in [1.82, 2.24) is 10.0 Å². The zero-order valence-corrected chi connectivity index (χ0v) is 5.70. The van der Waals surface area contributed by atoms with Crippen LogP contribution >= 0.6 is 0 Å². The number of carbonyl (C=O) groups is 1. The molecule has 5 nitrogen and oxygen atoms in total. The van der Waals surface area contributed by atoms with Gasteiger partial charge in [0.15, 0.2) is 0 Å². The Kier molecular flexibility index (Phi) is 3.98. The first-order valence-electron chi connectivity index (χ1n) is 2.32. The summed E-state index contributed by atoms with van der Waals surface area (Å²) in [5.41, 5.74) is 0. The van der Waals surface area contributed by atoms with Crippen LogP contribution in [0.3, 0.4) is 0 Å². The average Bonchev–Trinajstić information content (AvgIpc) is 1.63. The summed E-state index contributed by atoms with van der Waals surface area (Å²) in [5.74, 6) is 0. The molecule has 0 saturated carbocycles. The van der Waals surface area contributed by atoms with E-state index in [1.54, 1.807) is 11.6 Å². The molecule has 0 aromatic heterocycles. The molecule has 0 heterocycles. The van der Waals surface area contributed by atoms with Gasteiger partial charge in [-0.3, -0.25) is 4.55 Å². The lowest BCUT2D eigenvalue weighted by molar-refractivity contribution is 0.246. The van der Waals surface area contributed by atoms with Crippen LogP contribution in [0.25, 0.3) is 0 Å². The third-order valence-electron chi connectivity index (χ3n) is 0.517. The standard InChI is InChI=1S/C3H8N2O3S/c1-2-4-3(6)5-9(7)8/h2H2,1H3,(H,7,8)(H2,4,5,6). The zero-order chi connectivity index (χ0) is 7.28. The van der Waals surface area contributed by atoms with Gasteiger partial charge >= 0.3 is 6.03 Å². The van der Waals surface area contributed by atoms with E-state index < -0.39 is 17.3 Å². The highest BCUT2D eigenvalue weighted by atomic mass is 32.2. The molecule has 0 aromatic carbocycles. The second-order valence-electron chi connectivity index (χ2n) is 1.21. The molecule has 0 rings (SSSR count). The van der Waals surface area contributed by atoms with Crippen molar-refractivity contribution in [3.63, 3.8) is 0 Å². The molecule has 1 atom stereocenters. The van der Waals surface area contributed by atoms with Gasteiger partial charge in [-0.25, -0.2) is 13.7 Å². The predicted molar refractivity (Wildman–Crippen MR) is 33.0 cm³/mol. The average molecular weight is 152 g/mol. The lowest BCUT2D eigenvalue weighted by Gasteiger charge is -1.98. The summed E-state index contributed by atoms with van der Waals surface area (Å²) in [7, 11) is 0. The van der Waals surface area contributed by atoms with Crippen LogP contribution in [-0.2, 0) is 11.3 Å². The summed E-state index contributed by atoms with van der Waals surface area (Å²) < 4.78 is 19.6. The minimum Gasteiger partial charge on any atom is -0.338 e. The zero-order valence-electron chi connectivity index (χ0n) is 4.88. The summed E-state index contributed by atoms with van der Waals surface area (Å²) in [5, 5.41) is 2.27. The monoisotopic (exact) mass is 152 g/mol. The highest BCUT2D eigenvalue weighted by Gasteiger charge is 1.98. The Labute approximate surface area is 55.2 Å². The molecule has 54 valence electrons. The Balaban J connectivity index is 3.39. The van der Waals surface area contributed by atoms with Crippen molar-refractivity contribution in [3.05, 3.63) is 0 Å². The number of urea groups is 1. The number of carbonyl (C=O) groups excluding carboxylic acids is 1. The summed E-state index contributed by atoms with van der Waals surface area (Å²) in [6.45, 7) is 2.14. The summed E-state index contributed by atoms with van der Waals surface area (Å²) in [4.78, 5) is 10.3. The van der Waals surface area contributed by atoms with E-state index >= 15 is 0 Å². The third kappa shape index (κ3) is 5.25. The Morgan fingerprint density at radius 1 is 1.78 bits per heavy atom. The van der Waals surface area contributed by atoms with Crippen molar-refractivity contribution in [3.8, 4) is 0 Å². The van der Waals surface area contributed by atoms with Crippen LogP contribution in [0, 0.1) is 0 Å². The molecular weight excluding hydrogens is 144 g/mol. The molecule has 6 heteroatoms. The maximum absolute atomic E-state index is 10.3. The first kappa shape index (κ1) is 8.38. The van der Waals surface area contributed by atoms with Crippen molar-refractivity contribution < 1.29 is 13.6 Å². The maximum Gasteiger partial charge on any atom is 0.328 e.